The van der Waals surface area contributed by atoms with Crippen LogP contribution in [0.1, 0.15) is 13.3 Å². The third-order valence-electron chi connectivity index (χ3n) is 4.42. The molecule has 0 bridgehead atoms. The standard InChI is InChI=1S/C21H25N3O4/c1-3-12-22-21(26)19-13-24(16-9-5-7-11-18(16)28-19)14-20(25)23-15-8-4-6-10-17(15)27-2/h4-11,19H,3,12-14H2,1-2H3,(H,22,26)(H,23,25)/t19-/m1/s1. The third-order valence-corrected chi connectivity index (χ3v) is 4.42. The lowest BCUT2D eigenvalue weighted by Gasteiger charge is -2.35. The molecule has 1 atom stereocenters. The van der Waals surface area contributed by atoms with Crippen molar-refractivity contribution in [2.24, 2.45) is 0 Å². The van der Waals surface area contributed by atoms with Gasteiger partial charge in [-0.15, -0.1) is 0 Å². The second-order valence-corrected chi connectivity index (χ2v) is 6.49. The van der Waals surface area contributed by atoms with Crippen LogP contribution in [0.2, 0.25) is 0 Å². The highest BCUT2D eigenvalue weighted by molar-refractivity contribution is 5.96. The molecule has 1 aliphatic heterocycles. The van der Waals surface area contributed by atoms with Gasteiger partial charge in [-0.3, -0.25) is 9.59 Å². The predicted octanol–water partition coefficient (Wildman–Crippen LogP) is 2.43. The number of rotatable bonds is 7. The molecule has 1 aliphatic rings. The third kappa shape index (κ3) is 4.54. The molecule has 0 unspecified atom stereocenters. The number of anilines is 2. The Bertz CT molecular complexity index is 840. The molecule has 148 valence electrons. The van der Waals surface area contributed by atoms with Gasteiger partial charge in [-0.25, -0.2) is 0 Å². The number of nitrogens with one attached hydrogen (secondary N) is 2. The molecular formula is C21H25N3O4. The average Bonchev–Trinajstić information content (AvgIpc) is 2.72. The van der Waals surface area contributed by atoms with Crippen molar-refractivity contribution in [3.05, 3.63) is 48.5 Å². The number of methoxy groups -OCH3 is 1. The van der Waals surface area contributed by atoms with Crippen LogP contribution in [0.25, 0.3) is 0 Å². The van der Waals surface area contributed by atoms with E-state index in [1.807, 2.05) is 42.2 Å². The fourth-order valence-corrected chi connectivity index (χ4v) is 3.07. The van der Waals surface area contributed by atoms with E-state index in [0.29, 0.717) is 30.3 Å². The molecule has 0 saturated carbocycles. The Morgan fingerprint density at radius 1 is 1.18 bits per heavy atom. The van der Waals surface area contributed by atoms with E-state index in [4.69, 9.17) is 9.47 Å². The Morgan fingerprint density at radius 2 is 1.93 bits per heavy atom. The summed E-state index contributed by atoms with van der Waals surface area (Å²) in [5.74, 6) is 0.811. The summed E-state index contributed by atoms with van der Waals surface area (Å²) in [5, 5.41) is 5.72. The first-order chi connectivity index (χ1) is 13.6. The van der Waals surface area contributed by atoms with Crippen molar-refractivity contribution < 1.29 is 19.1 Å². The smallest absolute Gasteiger partial charge is 0.262 e. The lowest BCUT2D eigenvalue weighted by molar-refractivity contribution is -0.128. The molecule has 7 nitrogen and oxygen atoms in total. The largest absolute Gasteiger partial charge is 0.495 e. The minimum absolute atomic E-state index is 0.0932. The Kier molecular flexibility index (Phi) is 6.37. The van der Waals surface area contributed by atoms with Gasteiger partial charge in [-0.2, -0.15) is 0 Å². The summed E-state index contributed by atoms with van der Waals surface area (Å²) in [6.45, 7) is 2.97. The van der Waals surface area contributed by atoms with Gasteiger partial charge in [0.25, 0.3) is 5.91 Å². The monoisotopic (exact) mass is 383 g/mol. The molecule has 0 spiro atoms. The molecule has 2 N–H and O–H groups in total. The van der Waals surface area contributed by atoms with Crippen LogP contribution in [0.3, 0.4) is 0 Å². The predicted molar refractivity (Wildman–Crippen MR) is 108 cm³/mol. The van der Waals surface area contributed by atoms with Crippen LogP contribution in [0.15, 0.2) is 48.5 Å². The van der Waals surface area contributed by atoms with Crippen LogP contribution >= 0.6 is 0 Å². The van der Waals surface area contributed by atoms with E-state index in [9.17, 15) is 9.59 Å². The second-order valence-electron chi connectivity index (χ2n) is 6.49. The molecule has 28 heavy (non-hydrogen) atoms. The van der Waals surface area contributed by atoms with Crippen LogP contribution < -0.4 is 25.0 Å². The van der Waals surface area contributed by atoms with Crippen molar-refractivity contribution in [3.63, 3.8) is 0 Å². The minimum Gasteiger partial charge on any atom is -0.495 e. The van der Waals surface area contributed by atoms with Gasteiger partial charge in [0.1, 0.15) is 11.5 Å². The Labute approximate surface area is 164 Å². The zero-order valence-electron chi connectivity index (χ0n) is 16.1. The summed E-state index contributed by atoms with van der Waals surface area (Å²) >= 11 is 0. The van der Waals surface area contributed by atoms with Gasteiger partial charge in [0.05, 0.1) is 31.6 Å². The SMILES string of the molecule is CCCNC(=O)[C@H]1CN(CC(=O)Nc2ccccc2OC)c2ccccc2O1. The van der Waals surface area contributed by atoms with Gasteiger partial charge in [0.2, 0.25) is 5.91 Å². The minimum atomic E-state index is -0.666. The fraction of sp³-hybridized carbons (Fsp3) is 0.333. The molecule has 7 heteroatoms. The van der Waals surface area contributed by atoms with Crippen molar-refractivity contribution in [3.8, 4) is 11.5 Å². The van der Waals surface area contributed by atoms with Gasteiger partial charge < -0.3 is 25.0 Å². The maximum atomic E-state index is 12.7. The number of carbonyl (C=O) groups is 2. The van der Waals surface area contributed by atoms with E-state index in [2.05, 4.69) is 10.6 Å². The molecule has 0 saturated heterocycles. The van der Waals surface area contributed by atoms with Crippen molar-refractivity contribution in [2.45, 2.75) is 19.4 Å². The molecule has 0 fully saturated rings. The zero-order chi connectivity index (χ0) is 19.9. The molecule has 2 amide bonds. The zero-order valence-corrected chi connectivity index (χ0v) is 16.1. The van der Waals surface area contributed by atoms with Crippen LogP contribution in [0.5, 0.6) is 11.5 Å². The molecular weight excluding hydrogens is 358 g/mol. The molecule has 2 aromatic rings. The Hall–Kier alpha value is -3.22. The highest BCUT2D eigenvalue weighted by atomic mass is 16.5. The highest BCUT2D eigenvalue weighted by Crippen LogP contribution is 2.33. The summed E-state index contributed by atoms with van der Waals surface area (Å²) in [5.41, 5.74) is 1.39. The molecule has 2 aromatic carbocycles. The summed E-state index contributed by atoms with van der Waals surface area (Å²) in [7, 11) is 1.56. The Morgan fingerprint density at radius 3 is 2.71 bits per heavy atom. The molecule has 0 aliphatic carbocycles. The van der Waals surface area contributed by atoms with Crippen molar-refractivity contribution in [1.29, 1.82) is 0 Å². The van der Waals surface area contributed by atoms with E-state index in [1.54, 1.807) is 25.3 Å². The Balaban J connectivity index is 1.74. The summed E-state index contributed by atoms with van der Waals surface area (Å²) in [6.07, 6.45) is 0.181. The van der Waals surface area contributed by atoms with Crippen LogP contribution in [0.4, 0.5) is 11.4 Å². The summed E-state index contributed by atoms with van der Waals surface area (Å²) in [4.78, 5) is 26.9. The maximum absolute atomic E-state index is 12.7. The summed E-state index contributed by atoms with van der Waals surface area (Å²) < 4.78 is 11.1. The second kappa shape index (κ2) is 9.12. The highest BCUT2D eigenvalue weighted by Gasteiger charge is 2.31. The van der Waals surface area contributed by atoms with Gasteiger partial charge in [0.15, 0.2) is 6.10 Å². The molecule has 0 aromatic heterocycles. The van der Waals surface area contributed by atoms with Gasteiger partial charge >= 0.3 is 0 Å². The number of carbonyl (C=O) groups excluding carboxylic acids is 2. The first kappa shape index (κ1) is 19.5. The van der Waals surface area contributed by atoms with Crippen LogP contribution in [-0.2, 0) is 9.59 Å². The van der Waals surface area contributed by atoms with E-state index < -0.39 is 6.10 Å². The van der Waals surface area contributed by atoms with E-state index >= 15 is 0 Å². The number of para-hydroxylation sites is 4. The number of fused-ring (bicyclic) bond motifs is 1. The average molecular weight is 383 g/mol. The topological polar surface area (TPSA) is 79.9 Å². The normalized spacial score (nSPS) is 15.2. The number of amides is 2. The first-order valence-electron chi connectivity index (χ1n) is 9.33. The quantitative estimate of drug-likeness (QED) is 0.768. The number of nitrogens with zero attached hydrogens (tertiary/aromatic N) is 1. The van der Waals surface area contributed by atoms with E-state index in [-0.39, 0.29) is 18.4 Å². The van der Waals surface area contributed by atoms with E-state index in [1.165, 1.54) is 0 Å². The van der Waals surface area contributed by atoms with Crippen molar-refractivity contribution in [2.75, 3.05) is 37.0 Å². The summed E-state index contributed by atoms with van der Waals surface area (Å²) in [6, 6.07) is 14.6. The van der Waals surface area contributed by atoms with Gasteiger partial charge in [-0.05, 0) is 30.7 Å². The lowest BCUT2D eigenvalue weighted by Crippen LogP contribution is -2.50. The first-order valence-corrected chi connectivity index (χ1v) is 9.33. The lowest BCUT2D eigenvalue weighted by atomic mass is 10.1. The molecule has 3 rings (SSSR count). The number of hydrogen-bond donors (Lipinski definition) is 2. The van der Waals surface area contributed by atoms with Crippen molar-refractivity contribution in [1.82, 2.24) is 5.32 Å². The van der Waals surface area contributed by atoms with Gasteiger partial charge in [0, 0.05) is 6.54 Å². The van der Waals surface area contributed by atoms with E-state index in [0.717, 1.165) is 12.1 Å². The number of ether oxygens (including phenoxy) is 2. The number of benzene rings is 2. The fourth-order valence-electron chi connectivity index (χ4n) is 3.07. The van der Waals surface area contributed by atoms with Gasteiger partial charge in [-0.1, -0.05) is 31.2 Å². The molecule has 1 heterocycles. The van der Waals surface area contributed by atoms with Crippen molar-refractivity contribution >= 4 is 23.2 Å². The van der Waals surface area contributed by atoms with Crippen LogP contribution in [0, 0.1) is 0 Å². The maximum Gasteiger partial charge on any atom is 0.262 e. The number of hydrogen-bond acceptors (Lipinski definition) is 5. The molecule has 0 radical (unpaired) electrons. The van der Waals surface area contributed by atoms with Crippen LogP contribution in [-0.4, -0.2) is 44.7 Å².